The Labute approximate surface area is 108 Å². The minimum atomic E-state index is -0.886. The number of primary amides is 1. The van der Waals surface area contributed by atoms with Gasteiger partial charge in [-0.15, -0.1) is 6.42 Å². The topological polar surface area (TPSA) is 64.3 Å². The van der Waals surface area contributed by atoms with Crippen LogP contribution >= 0.6 is 0 Å². The maximum absolute atomic E-state index is 11.1. The average Bonchev–Trinajstić information content (AvgIpc) is 2.36. The summed E-state index contributed by atoms with van der Waals surface area (Å²) in [6.07, 6.45) is 5.55. The van der Waals surface area contributed by atoms with Gasteiger partial charge in [0.1, 0.15) is 5.54 Å². The van der Waals surface area contributed by atoms with Crippen LogP contribution in [0.2, 0.25) is 0 Å². The third-order valence-electron chi connectivity index (χ3n) is 2.91. The van der Waals surface area contributed by atoms with E-state index < -0.39 is 11.6 Å². The number of nitrogens with two attached hydrogens (primary N) is 1. The molecule has 1 rings (SSSR count). The summed E-state index contributed by atoms with van der Waals surface area (Å²) in [5.41, 5.74) is 5.29. The number of nitrogens with one attached hydrogen (secondary N) is 1. The molecule has 0 saturated carbocycles. The maximum Gasteiger partial charge on any atom is 0.313 e. The van der Waals surface area contributed by atoms with Crippen LogP contribution in [0.4, 0.5) is 4.79 Å². The van der Waals surface area contributed by atoms with Crippen LogP contribution in [0.3, 0.4) is 0 Å². The average molecular weight is 246 g/mol. The second kappa shape index (κ2) is 6.08. The number of methoxy groups -OCH3 is 1. The zero-order valence-electron chi connectivity index (χ0n) is 10.6. The van der Waals surface area contributed by atoms with E-state index in [1.807, 2.05) is 30.3 Å². The Hall–Kier alpha value is -1.99. The van der Waals surface area contributed by atoms with Crippen LogP contribution in [0.15, 0.2) is 30.3 Å². The molecule has 96 valence electrons. The Balaban J connectivity index is 3.10. The van der Waals surface area contributed by atoms with Gasteiger partial charge in [-0.3, -0.25) is 0 Å². The van der Waals surface area contributed by atoms with Crippen LogP contribution in [0.1, 0.15) is 18.4 Å². The number of urea groups is 1. The Morgan fingerprint density at radius 2 is 2.17 bits per heavy atom. The molecular formula is C14H18N2O2. The third kappa shape index (κ3) is 3.25. The predicted octanol–water partition coefficient (Wildman–Crippen LogP) is 1.48. The largest absolute Gasteiger partial charge is 0.384 e. The van der Waals surface area contributed by atoms with Crippen LogP contribution in [0.5, 0.6) is 0 Å². The van der Waals surface area contributed by atoms with Crippen molar-refractivity contribution in [2.75, 3.05) is 13.7 Å². The van der Waals surface area contributed by atoms with Gasteiger partial charge in [0.25, 0.3) is 0 Å². The first kappa shape index (κ1) is 14.1. The summed E-state index contributed by atoms with van der Waals surface area (Å²) >= 11 is 0. The van der Waals surface area contributed by atoms with E-state index in [-0.39, 0.29) is 5.92 Å². The van der Waals surface area contributed by atoms with Crippen LogP contribution in [-0.2, 0) is 4.74 Å². The first-order valence-electron chi connectivity index (χ1n) is 5.62. The lowest BCUT2D eigenvalue weighted by Crippen LogP contribution is -2.52. The smallest absolute Gasteiger partial charge is 0.313 e. The molecule has 2 atom stereocenters. The minimum Gasteiger partial charge on any atom is -0.384 e. The number of carbonyl (C=O) groups excluding carboxylic acids is 1. The minimum absolute atomic E-state index is 0.166. The molecule has 0 aliphatic carbocycles. The van der Waals surface area contributed by atoms with Gasteiger partial charge in [0, 0.05) is 13.0 Å². The summed E-state index contributed by atoms with van der Waals surface area (Å²) in [5.74, 6) is 2.44. The first-order valence-corrected chi connectivity index (χ1v) is 5.62. The van der Waals surface area contributed by atoms with Gasteiger partial charge in [0.2, 0.25) is 0 Å². The Bertz CT molecular complexity index is 439. The number of terminal acetylenes is 1. The van der Waals surface area contributed by atoms with E-state index in [4.69, 9.17) is 16.9 Å². The SMILES string of the molecule is C#CC(C)(NC(N)=O)C(COC)c1ccccc1. The summed E-state index contributed by atoms with van der Waals surface area (Å²) in [7, 11) is 1.59. The van der Waals surface area contributed by atoms with Gasteiger partial charge in [-0.1, -0.05) is 36.3 Å². The fraction of sp³-hybridized carbons (Fsp3) is 0.357. The number of ether oxygens (including phenoxy) is 1. The van der Waals surface area contributed by atoms with E-state index in [1.165, 1.54) is 0 Å². The normalized spacial score (nSPS) is 15.2. The number of amides is 2. The van der Waals surface area contributed by atoms with Gasteiger partial charge in [0.05, 0.1) is 6.61 Å². The number of benzene rings is 1. The quantitative estimate of drug-likeness (QED) is 0.773. The standard InChI is InChI=1S/C14H18N2O2/c1-4-14(2,16-13(15)17)12(10-18-3)11-8-6-5-7-9-11/h1,5-9,12H,10H2,2-3H3,(H3,15,16,17). The third-order valence-corrected chi connectivity index (χ3v) is 2.91. The lowest BCUT2D eigenvalue weighted by atomic mass is 9.81. The second-order valence-electron chi connectivity index (χ2n) is 4.25. The molecule has 0 heterocycles. The van der Waals surface area contributed by atoms with Crippen LogP contribution in [0, 0.1) is 12.3 Å². The molecule has 1 aromatic carbocycles. The van der Waals surface area contributed by atoms with Crippen molar-refractivity contribution >= 4 is 6.03 Å². The van der Waals surface area contributed by atoms with Crippen LogP contribution in [0.25, 0.3) is 0 Å². The molecule has 0 spiro atoms. The van der Waals surface area contributed by atoms with Crippen molar-refractivity contribution in [1.29, 1.82) is 0 Å². The van der Waals surface area contributed by atoms with Crippen molar-refractivity contribution in [3.8, 4) is 12.3 Å². The Kier molecular flexibility index (Phi) is 4.75. The van der Waals surface area contributed by atoms with Gasteiger partial charge in [-0.05, 0) is 12.5 Å². The number of rotatable bonds is 5. The van der Waals surface area contributed by atoms with Crippen LogP contribution < -0.4 is 11.1 Å². The zero-order valence-corrected chi connectivity index (χ0v) is 10.6. The lowest BCUT2D eigenvalue weighted by molar-refractivity contribution is 0.153. The molecular weight excluding hydrogens is 228 g/mol. The van der Waals surface area contributed by atoms with E-state index in [0.717, 1.165) is 5.56 Å². The monoisotopic (exact) mass is 246 g/mol. The molecule has 1 aromatic rings. The molecule has 0 fully saturated rings. The Morgan fingerprint density at radius 3 is 2.61 bits per heavy atom. The van der Waals surface area contributed by atoms with E-state index in [2.05, 4.69) is 11.2 Å². The van der Waals surface area contributed by atoms with Gasteiger partial charge in [0.15, 0.2) is 0 Å². The Morgan fingerprint density at radius 1 is 1.56 bits per heavy atom. The van der Waals surface area contributed by atoms with E-state index in [0.29, 0.717) is 6.61 Å². The first-order chi connectivity index (χ1) is 8.53. The molecule has 0 bridgehead atoms. The fourth-order valence-electron chi connectivity index (χ4n) is 1.93. The van der Waals surface area contributed by atoms with Crippen molar-refractivity contribution in [2.45, 2.75) is 18.4 Å². The van der Waals surface area contributed by atoms with Crippen LogP contribution in [-0.4, -0.2) is 25.3 Å². The zero-order chi connectivity index (χ0) is 13.6. The highest BCUT2D eigenvalue weighted by molar-refractivity contribution is 5.73. The van der Waals surface area contributed by atoms with Gasteiger partial charge >= 0.3 is 6.03 Å². The van der Waals surface area contributed by atoms with E-state index in [1.54, 1.807) is 14.0 Å². The predicted molar refractivity (Wildman–Crippen MR) is 71.0 cm³/mol. The summed E-state index contributed by atoms with van der Waals surface area (Å²) < 4.78 is 5.20. The molecule has 2 amide bonds. The van der Waals surface area contributed by atoms with Crippen molar-refractivity contribution < 1.29 is 9.53 Å². The lowest BCUT2D eigenvalue weighted by Gasteiger charge is -2.33. The van der Waals surface area contributed by atoms with Gasteiger partial charge < -0.3 is 15.8 Å². The highest BCUT2D eigenvalue weighted by atomic mass is 16.5. The molecule has 0 radical (unpaired) electrons. The highest BCUT2D eigenvalue weighted by Crippen LogP contribution is 2.28. The molecule has 0 aliphatic rings. The molecule has 18 heavy (non-hydrogen) atoms. The number of carbonyl (C=O) groups is 1. The summed E-state index contributed by atoms with van der Waals surface area (Å²) in [4.78, 5) is 11.1. The molecule has 2 unspecified atom stereocenters. The fourth-order valence-corrected chi connectivity index (χ4v) is 1.93. The molecule has 0 aliphatic heterocycles. The van der Waals surface area contributed by atoms with E-state index in [9.17, 15) is 4.79 Å². The van der Waals surface area contributed by atoms with Crippen molar-refractivity contribution in [2.24, 2.45) is 5.73 Å². The molecule has 4 nitrogen and oxygen atoms in total. The van der Waals surface area contributed by atoms with Crippen molar-refractivity contribution in [3.05, 3.63) is 35.9 Å². The molecule has 0 saturated heterocycles. The molecule has 4 heteroatoms. The summed E-state index contributed by atoms with van der Waals surface area (Å²) in [6.45, 7) is 2.15. The maximum atomic E-state index is 11.1. The molecule has 0 aromatic heterocycles. The van der Waals surface area contributed by atoms with Crippen molar-refractivity contribution in [3.63, 3.8) is 0 Å². The van der Waals surface area contributed by atoms with Gasteiger partial charge in [-0.25, -0.2) is 4.79 Å². The number of hydrogen-bond acceptors (Lipinski definition) is 2. The molecule has 3 N–H and O–H groups in total. The second-order valence-corrected chi connectivity index (χ2v) is 4.25. The summed E-state index contributed by atoms with van der Waals surface area (Å²) in [5, 5.41) is 2.61. The summed E-state index contributed by atoms with van der Waals surface area (Å²) in [6, 6.07) is 9.00. The van der Waals surface area contributed by atoms with E-state index >= 15 is 0 Å². The van der Waals surface area contributed by atoms with Crippen molar-refractivity contribution in [1.82, 2.24) is 5.32 Å². The van der Waals surface area contributed by atoms with Gasteiger partial charge in [-0.2, -0.15) is 0 Å². The highest BCUT2D eigenvalue weighted by Gasteiger charge is 2.34. The number of hydrogen-bond donors (Lipinski definition) is 2.